The summed E-state index contributed by atoms with van der Waals surface area (Å²) < 4.78 is 0. The van der Waals surface area contributed by atoms with Crippen LogP contribution in [0.5, 0.6) is 0 Å². The molecule has 0 amide bonds. The van der Waals surface area contributed by atoms with Gasteiger partial charge in [0.25, 0.3) is 5.69 Å². The maximum Gasteiger partial charge on any atom is 0.276 e. The van der Waals surface area contributed by atoms with Crippen LogP contribution >= 0.6 is 11.3 Å². The van der Waals surface area contributed by atoms with E-state index in [1.807, 2.05) is 12.3 Å². The number of aromatic nitrogens is 2. The van der Waals surface area contributed by atoms with Crippen molar-refractivity contribution < 1.29 is 4.92 Å². The van der Waals surface area contributed by atoms with Crippen LogP contribution < -0.4 is 10.6 Å². The summed E-state index contributed by atoms with van der Waals surface area (Å²) in [5.74, 6) is 0.918. The summed E-state index contributed by atoms with van der Waals surface area (Å²) in [6.07, 6.45) is 2.55. The molecular weight excluding hydrogens is 278 g/mol. The molecule has 7 nitrogen and oxygen atoms in total. The van der Waals surface area contributed by atoms with Crippen LogP contribution in [-0.4, -0.2) is 21.9 Å². The van der Waals surface area contributed by atoms with Crippen LogP contribution in [-0.2, 0) is 0 Å². The quantitative estimate of drug-likeness (QED) is 0.628. The van der Waals surface area contributed by atoms with Crippen molar-refractivity contribution in [1.29, 1.82) is 0 Å². The number of pyridine rings is 1. The summed E-state index contributed by atoms with van der Waals surface area (Å²) in [7, 11) is 1.67. The molecule has 1 unspecified atom stereocenters. The highest BCUT2D eigenvalue weighted by Gasteiger charge is 2.16. The number of rotatable bonds is 6. The molecule has 2 heterocycles. The lowest BCUT2D eigenvalue weighted by Crippen LogP contribution is -2.11. The topological polar surface area (TPSA) is 93.0 Å². The van der Waals surface area contributed by atoms with E-state index >= 15 is 0 Å². The fraction of sp³-hybridized carbons (Fsp3) is 0.333. The maximum absolute atomic E-state index is 10.9. The van der Waals surface area contributed by atoms with E-state index in [1.165, 1.54) is 12.1 Å². The Morgan fingerprint density at radius 3 is 2.75 bits per heavy atom. The van der Waals surface area contributed by atoms with E-state index in [2.05, 4.69) is 20.6 Å². The maximum atomic E-state index is 10.9. The number of nitrogens with zero attached hydrogens (tertiary/aromatic N) is 3. The van der Waals surface area contributed by atoms with Crippen molar-refractivity contribution in [1.82, 2.24) is 9.97 Å². The third kappa shape index (κ3) is 3.21. The van der Waals surface area contributed by atoms with E-state index < -0.39 is 4.92 Å². The standard InChI is InChI=1S/C12H15N5O2S/c1-3-9(12-14-4-5-20-12)15-11-7-8(17(18)19)6-10(13-2)16-11/h4-7,9H,3H2,1-2H3,(H2,13,15,16). The van der Waals surface area contributed by atoms with Gasteiger partial charge in [-0.1, -0.05) is 6.92 Å². The van der Waals surface area contributed by atoms with Crippen LogP contribution in [0.2, 0.25) is 0 Å². The Labute approximate surface area is 120 Å². The summed E-state index contributed by atoms with van der Waals surface area (Å²) in [4.78, 5) is 19.0. The van der Waals surface area contributed by atoms with E-state index in [0.29, 0.717) is 11.6 Å². The third-order valence-electron chi connectivity index (χ3n) is 2.76. The van der Waals surface area contributed by atoms with E-state index in [-0.39, 0.29) is 11.7 Å². The molecule has 0 saturated carbocycles. The van der Waals surface area contributed by atoms with Crippen molar-refractivity contribution in [2.24, 2.45) is 0 Å². The summed E-state index contributed by atoms with van der Waals surface area (Å²) in [5, 5.41) is 19.8. The van der Waals surface area contributed by atoms with Gasteiger partial charge in [0.15, 0.2) is 0 Å². The molecule has 0 aromatic carbocycles. The highest BCUT2D eigenvalue weighted by atomic mass is 32.1. The average molecular weight is 293 g/mol. The van der Waals surface area contributed by atoms with Crippen molar-refractivity contribution in [3.63, 3.8) is 0 Å². The zero-order valence-corrected chi connectivity index (χ0v) is 12.0. The van der Waals surface area contributed by atoms with E-state index in [4.69, 9.17) is 0 Å². The van der Waals surface area contributed by atoms with Crippen LogP contribution in [0.15, 0.2) is 23.7 Å². The van der Waals surface area contributed by atoms with Crippen molar-refractivity contribution in [3.8, 4) is 0 Å². The highest BCUT2D eigenvalue weighted by Crippen LogP contribution is 2.26. The zero-order chi connectivity index (χ0) is 14.5. The lowest BCUT2D eigenvalue weighted by molar-refractivity contribution is -0.384. The minimum Gasteiger partial charge on any atom is -0.373 e. The fourth-order valence-electron chi connectivity index (χ4n) is 1.75. The van der Waals surface area contributed by atoms with E-state index in [0.717, 1.165) is 11.4 Å². The van der Waals surface area contributed by atoms with Gasteiger partial charge >= 0.3 is 0 Å². The molecule has 0 bridgehead atoms. The SMILES string of the molecule is CCC(Nc1cc([N+](=O)[O-])cc(NC)n1)c1nccs1. The molecule has 0 aliphatic rings. The van der Waals surface area contributed by atoms with Crippen molar-refractivity contribution in [2.45, 2.75) is 19.4 Å². The van der Waals surface area contributed by atoms with Crippen molar-refractivity contribution in [2.75, 3.05) is 17.7 Å². The second-order valence-electron chi connectivity index (χ2n) is 4.08. The van der Waals surface area contributed by atoms with Gasteiger partial charge in [-0.05, 0) is 6.42 Å². The normalized spacial score (nSPS) is 11.9. The molecule has 0 radical (unpaired) electrons. The zero-order valence-electron chi connectivity index (χ0n) is 11.2. The fourth-order valence-corrected chi connectivity index (χ4v) is 2.52. The van der Waals surface area contributed by atoms with Gasteiger partial charge in [-0.2, -0.15) is 0 Å². The number of anilines is 2. The lowest BCUT2D eigenvalue weighted by atomic mass is 10.2. The van der Waals surface area contributed by atoms with Gasteiger partial charge in [-0.25, -0.2) is 9.97 Å². The molecule has 2 rings (SSSR count). The molecule has 0 spiro atoms. The molecule has 0 aliphatic heterocycles. The number of hydrogen-bond donors (Lipinski definition) is 2. The number of hydrogen-bond acceptors (Lipinski definition) is 7. The summed E-state index contributed by atoms with van der Waals surface area (Å²) >= 11 is 1.54. The molecule has 20 heavy (non-hydrogen) atoms. The van der Waals surface area contributed by atoms with E-state index in [9.17, 15) is 10.1 Å². The minimum absolute atomic E-state index is 0.000779. The monoisotopic (exact) mass is 293 g/mol. The average Bonchev–Trinajstić information content (AvgIpc) is 2.98. The first-order chi connectivity index (χ1) is 9.63. The molecular formula is C12H15N5O2S. The van der Waals surface area contributed by atoms with Gasteiger partial charge in [-0.3, -0.25) is 10.1 Å². The Balaban J connectivity index is 2.27. The Morgan fingerprint density at radius 2 is 2.20 bits per heavy atom. The van der Waals surface area contributed by atoms with E-state index in [1.54, 1.807) is 24.6 Å². The minimum atomic E-state index is -0.432. The molecule has 2 aromatic rings. The number of thiazole rings is 1. The summed E-state index contributed by atoms with van der Waals surface area (Å²) in [6.45, 7) is 2.02. The summed E-state index contributed by atoms with van der Waals surface area (Å²) in [5.41, 5.74) is 0.000779. The van der Waals surface area contributed by atoms with Crippen LogP contribution in [0.1, 0.15) is 24.4 Å². The number of nitro groups is 1. The van der Waals surface area contributed by atoms with Gasteiger partial charge in [0.2, 0.25) is 0 Å². The first-order valence-corrected chi connectivity index (χ1v) is 7.02. The number of nitrogens with one attached hydrogen (secondary N) is 2. The van der Waals surface area contributed by atoms with Crippen LogP contribution in [0.4, 0.5) is 17.3 Å². The Kier molecular flexibility index (Phi) is 4.46. The molecule has 8 heteroatoms. The van der Waals surface area contributed by atoms with Crippen LogP contribution in [0.25, 0.3) is 0 Å². The van der Waals surface area contributed by atoms with Crippen molar-refractivity contribution in [3.05, 3.63) is 38.8 Å². The molecule has 0 saturated heterocycles. The Hall–Kier alpha value is -2.22. The molecule has 2 aromatic heterocycles. The largest absolute Gasteiger partial charge is 0.373 e. The molecule has 0 aliphatic carbocycles. The Bertz CT molecular complexity index is 588. The second-order valence-corrected chi connectivity index (χ2v) is 5.00. The predicted octanol–water partition coefficient (Wildman–Crippen LogP) is 3.05. The van der Waals surface area contributed by atoms with Gasteiger partial charge in [0, 0.05) is 18.6 Å². The third-order valence-corrected chi connectivity index (χ3v) is 3.65. The first-order valence-electron chi connectivity index (χ1n) is 6.14. The van der Waals surface area contributed by atoms with Gasteiger partial charge in [-0.15, -0.1) is 11.3 Å². The first kappa shape index (κ1) is 14.2. The molecule has 2 N–H and O–H groups in total. The molecule has 0 fully saturated rings. The molecule has 1 atom stereocenters. The second kappa shape index (κ2) is 6.29. The summed E-state index contributed by atoms with van der Waals surface area (Å²) in [6, 6.07) is 2.82. The Morgan fingerprint density at radius 1 is 1.45 bits per heavy atom. The smallest absolute Gasteiger partial charge is 0.276 e. The molecule has 106 valence electrons. The van der Waals surface area contributed by atoms with Gasteiger partial charge in [0.1, 0.15) is 16.6 Å². The van der Waals surface area contributed by atoms with Gasteiger partial charge in [0.05, 0.1) is 23.1 Å². The predicted molar refractivity (Wildman–Crippen MR) is 79.2 cm³/mol. The van der Waals surface area contributed by atoms with Crippen LogP contribution in [0.3, 0.4) is 0 Å². The van der Waals surface area contributed by atoms with Crippen LogP contribution in [0, 0.1) is 10.1 Å². The lowest BCUT2D eigenvalue weighted by Gasteiger charge is -2.15. The highest BCUT2D eigenvalue weighted by molar-refractivity contribution is 7.09. The van der Waals surface area contributed by atoms with Crippen molar-refractivity contribution >= 4 is 28.7 Å². The van der Waals surface area contributed by atoms with Gasteiger partial charge < -0.3 is 10.6 Å².